The molecular weight excluding hydrogens is 284 g/mol. The molecule has 0 aliphatic carbocycles. The summed E-state index contributed by atoms with van der Waals surface area (Å²) < 4.78 is 7.36. The van der Waals surface area contributed by atoms with Gasteiger partial charge in [-0.05, 0) is 42.0 Å². The van der Waals surface area contributed by atoms with Gasteiger partial charge in [0.2, 0.25) is 0 Å². The Morgan fingerprint density at radius 3 is 2.35 bits per heavy atom. The third-order valence-electron chi connectivity index (χ3n) is 3.64. The Labute approximate surface area is 135 Å². The van der Waals surface area contributed by atoms with E-state index in [2.05, 4.69) is 6.07 Å². The summed E-state index contributed by atoms with van der Waals surface area (Å²) in [4.78, 5) is 0. The molecule has 0 unspecified atom stereocenters. The molecule has 112 valence electrons. The Bertz CT molecular complexity index is 853. The molecule has 1 aromatic heterocycles. The lowest BCUT2D eigenvalue weighted by molar-refractivity contribution is 0.414. The van der Waals surface area contributed by atoms with Crippen LogP contribution >= 0.6 is 0 Å². The molecule has 0 radical (unpaired) electrons. The van der Waals surface area contributed by atoms with E-state index in [1.807, 2.05) is 83.7 Å². The highest BCUT2D eigenvalue weighted by Gasteiger charge is 2.05. The van der Waals surface area contributed by atoms with E-state index in [0.717, 1.165) is 22.6 Å². The van der Waals surface area contributed by atoms with Crippen LogP contribution in [0.15, 0.2) is 73.1 Å². The van der Waals surface area contributed by atoms with Gasteiger partial charge >= 0.3 is 0 Å². The Hall–Kier alpha value is -3.25. The van der Waals surface area contributed by atoms with Gasteiger partial charge in [-0.25, -0.2) is 0 Å². The minimum Gasteiger partial charge on any atom is -0.496 e. The fraction of sp³-hybridized carbons (Fsp3) is 0.0500. The topological polar surface area (TPSA) is 37.9 Å². The Kier molecular flexibility index (Phi) is 4.26. The van der Waals surface area contributed by atoms with Crippen molar-refractivity contribution in [2.45, 2.75) is 0 Å². The zero-order valence-corrected chi connectivity index (χ0v) is 12.8. The fourth-order valence-corrected chi connectivity index (χ4v) is 2.44. The molecule has 3 rings (SSSR count). The highest BCUT2D eigenvalue weighted by atomic mass is 16.5. The largest absolute Gasteiger partial charge is 0.496 e. The van der Waals surface area contributed by atoms with Gasteiger partial charge in [-0.2, -0.15) is 5.26 Å². The molecule has 3 nitrogen and oxygen atoms in total. The number of hydrogen-bond acceptors (Lipinski definition) is 2. The number of methoxy groups -OCH3 is 1. The molecule has 0 saturated heterocycles. The third kappa shape index (κ3) is 3.17. The standard InChI is InChI=1S/C20H16N2O/c1-23-20-7-3-2-6-17(20)14-18(15-21)16-8-10-19(11-9-16)22-12-4-5-13-22/h2-14H,1H3/b18-14+. The van der Waals surface area contributed by atoms with Gasteiger partial charge in [0.05, 0.1) is 18.8 Å². The highest BCUT2D eigenvalue weighted by molar-refractivity contribution is 5.90. The molecule has 0 saturated carbocycles. The molecule has 0 atom stereocenters. The van der Waals surface area contributed by atoms with E-state index in [9.17, 15) is 5.26 Å². The number of allylic oxidation sites excluding steroid dienone is 1. The second-order valence-corrected chi connectivity index (χ2v) is 5.05. The van der Waals surface area contributed by atoms with E-state index in [1.165, 1.54) is 0 Å². The van der Waals surface area contributed by atoms with E-state index in [4.69, 9.17) is 4.74 Å². The smallest absolute Gasteiger partial charge is 0.126 e. The van der Waals surface area contributed by atoms with Crippen molar-refractivity contribution in [1.82, 2.24) is 4.57 Å². The molecule has 3 aromatic rings. The van der Waals surface area contributed by atoms with Crippen LogP contribution in [0.2, 0.25) is 0 Å². The normalized spacial score (nSPS) is 11.0. The molecule has 0 N–H and O–H groups in total. The Balaban J connectivity index is 1.95. The first kappa shape index (κ1) is 14.7. The summed E-state index contributed by atoms with van der Waals surface area (Å²) in [7, 11) is 1.63. The van der Waals surface area contributed by atoms with Crippen molar-refractivity contribution >= 4 is 11.6 Å². The van der Waals surface area contributed by atoms with E-state index >= 15 is 0 Å². The lowest BCUT2D eigenvalue weighted by Crippen LogP contribution is -1.91. The van der Waals surface area contributed by atoms with Gasteiger partial charge in [0.1, 0.15) is 5.75 Å². The first-order valence-electron chi connectivity index (χ1n) is 7.30. The van der Waals surface area contributed by atoms with Crippen LogP contribution in [0.25, 0.3) is 17.3 Å². The van der Waals surface area contributed by atoms with Crippen LogP contribution in [-0.2, 0) is 0 Å². The lowest BCUT2D eigenvalue weighted by atomic mass is 10.0. The molecule has 3 heteroatoms. The second-order valence-electron chi connectivity index (χ2n) is 5.05. The number of ether oxygens (including phenoxy) is 1. The first-order chi connectivity index (χ1) is 11.3. The number of nitrogens with zero attached hydrogens (tertiary/aromatic N) is 2. The van der Waals surface area contributed by atoms with Gasteiger partial charge in [0.15, 0.2) is 0 Å². The molecule has 1 heterocycles. The SMILES string of the molecule is COc1ccccc1/C=C(\C#N)c1ccc(-n2cccc2)cc1. The summed E-state index contributed by atoms with van der Waals surface area (Å²) in [5.74, 6) is 0.754. The van der Waals surface area contributed by atoms with Gasteiger partial charge < -0.3 is 9.30 Å². The maximum Gasteiger partial charge on any atom is 0.126 e. The molecule has 0 amide bonds. The fourth-order valence-electron chi connectivity index (χ4n) is 2.44. The van der Waals surface area contributed by atoms with E-state index in [-0.39, 0.29) is 0 Å². The Morgan fingerprint density at radius 2 is 1.70 bits per heavy atom. The van der Waals surface area contributed by atoms with E-state index in [0.29, 0.717) is 5.57 Å². The molecule has 0 spiro atoms. The van der Waals surface area contributed by atoms with Gasteiger partial charge in [0.25, 0.3) is 0 Å². The minimum atomic E-state index is 0.605. The molecular formula is C20H16N2O. The summed E-state index contributed by atoms with van der Waals surface area (Å²) >= 11 is 0. The quantitative estimate of drug-likeness (QED) is 0.523. The van der Waals surface area contributed by atoms with Crippen molar-refractivity contribution in [2.75, 3.05) is 7.11 Å². The van der Waals surface area contributed by atoms with Crippen LogP contribution < -0.4 is 4.74 Å². The summed E-state index contributed by atoms with van der Waals surface area (Å²) in [5, 5.41) is 9.49. The monoisotopic (exact) mass is 300 g/mol. The van der Waals surface area contributed by atoms with Crippen molar-refractivity contribution in [3.63, 3.8) is 0 Å². The number of aromatic nitrogens is 1. The predicted octanol–water partition coefficient (Wildman–Crippen LogP) is 4.55. The highest BCUT2D eigenvalue weighted by Crippen LogP contribution is 2.24. The summed E-state index contributed by atoms with van der Waals surface area (Å²) in [6.45, 7) is 0. The third-order valence-corrected chi connectivity index (χ3v) is 3.64. The zero-order chi connectivity index (χ0) is 16.1. The van der Waals surface area contributed by atoms with Crippen LogP contribution in [0, 0.1) is 11.3 Å². The molecule has 23 heavy (non-hydrogen) atoms. The maximum absolute atomic E-state index is 9.49. The zero-order valence-electron chi connectivity index (χ0n) is 12.8. The van der Waals surface area contributed by atoms with E-state index < -0.39 is 0 Å². The number of rotatable bonds is 4. The number of benzene rings is 2. The molecule has 0 fully saturated rings. The molecule has 0 bridgehead atoms. The van der Waals surface area contributed by atoms with Crippen molar-refractivity contribution in [3.05, 3.63) is 84.2 Å². The Morgan fingerprint density at radius 1 is 1.00 bits per heavy atom. The average Bonchev–Trinajstić information content (AvgIpc) is 3.15. The summed E-state index contributed by atoms with van der Waals surface area (Å²) in [5.41, 5.74) is 3.44. The van der Waals surface area contributed by atoms with Gasteiger partial charge in [-0.3, -0.25) is 0 Å². The van der Waals surface area contributed by atoms with Crippen LogP contribution in [0.1, 0.15) is 11.1 Å². The van der Waals surface area contributed by atoms with E-state index in [1.54, 1.807) is 7.11 Å². The van der Waals surface area contributed by atoms with Crippen LogP contribution in [0.4, 0.5) is 0 Å². The number of hydrogen-bond donors (Lipinski definition) is 0. The van der Waals surface area contributed by atoms with Gasteiger partial charge in [-0.1, -0.05) is 30.3 Å². The minimum absolute atomic E-state index is 0.605. The average molecular weight is 300 g/mol. The van der Waals surface area contributed by atoms with Crippen molar-refractivity contribution < 1.29 is 4.74 Å². The first-order valence-corrected chi connectivity index (χ1v) is 7.30. The predicted molar refractivity (Wildman–Crippen MR) is 92.2 cm³/mol. The van der Waals surface area contributed by atoms with Crippen molar-refractivity contribution in [1.29, 1.82) is 5.26 Å². The lowest BCUT2D eigenvalue weighted by Gasteiger charge is -2.07. The summed E-state index contributed by atoms with van der Waals surface area (Å²) in [6.07, 6.45) is 5.83. The molecule has 0 aliphatic rings. The van der Waals surface area contributed by atoms with Crippen molar-refractivity contribution in [3.8, 4) is 17.5 Å². The van der Waals surface area contributed by atoms with Gasteiger partial charge in [0, 0.05) is 23.6 Å². The van der Waals surface area contributed by atoms with Crippen LogP contribution in [-0.4, -0.2) is 11.7 Å². The summed E-state index contributed by atoms with van der Waals surface area (Å²) in [6, 6.07) is 21.8. The number of nitriles is 1. The second kappa shape index (κ2) is 6.67. The number of para-hydroxylation sites is 1. The van der Waals surface area contributed by atoms with Gasteiger partial charge in [-0.15, -0.1) is 0 Å². The van der Waals surface area contributed by atoms with Crippen LogP contribution in [0.5, 0.6) is 5.75 Å². The molecule has 2 aromatic carbocycles. The molecule has 0 aliphatic heterocycles. The van der Waals surface area contributed by atoms with Crippen molar-refractivity contribution in [2.24, 2.45) is 0 Å². The van der Waals surface area contributed by atoms with Crippen LogP contribution in [0.3, 0.4) is 0 Å². The maximum atomic E-state index is 9.49.